The van der Waals surface area contributed by atoms with E-state index in [9.17, 15) is 17.6 Å². The van der Waals surface area contributed by atoms with Gasteiger partial charge in [-0.2, -0.15) is 4.31 Å². The smallest absolute Gasteiger partial charge is 0.243 e. The fourth-order valence-electron chi connectivity index (χ4n) is 3.11. The number of anilines is 1. The van der Waals surface area contributed by atoms with Gasteiger partial charge in [0.05, 0.1) is 12.0 Å². The second-order valence-corrected chi connectivity index (χ2v) is 8.32. The van der Waals surface area contributed by atoms with Crippen molar-refractivity contribution in [2.45, 2.75) is 30.7 Å². The summed E-state index contributed by atoms with van der Waals surface area (Å²) in [6.07, 6.45) is 0.996. The van der Waals surface area contributed by atoms with E-state index >= 15 is 0 Å². The number of halogens is 1. The largest absolute Gasteiger partial charge is 0.494 e. The maximum atomic E-state index is 13.8. The molecule has 3 rings (SSSR count). The van der Waals surface area contributed by atoms with Crippen molar-refractivity contribution in [1.29, 1.82) is 0 Å². The van der Waals surface area contributed by atoms with Crippen molar-refractivity contribution in [2.75, 3.05) is 19.0 Å². The number of nitrogens with zero attached hydrogens (tertiary/aromatic N) is 1. The Morgan fingerprint density at radius 1 is 1.22 bits per heavy atom. The molecule has 0 spiro atoms. The summed E-state index contributed by atoms with van der Waals surface area (Å²) in [6.45, 7) is 2.14. The molecule has 1 heterocycles. The van der Waals surface area contributed by atoms with E-state index in [0.717, 1.165) is 11.6 Å². The highest BCUT2D eigenvalue weighted by molar-refractivity contribution is 7.89. The number of benzene rings is 2. The first-order valence-corrected chi connectivity index (χ1v) is 10.00. The van der Waals surface area contributed by atoms with Crippen LogP contribution < -0.4 is 10.1 Å². The van der Waals surface area contributed by atoms with Gasteiger partial charge in [0.2, 0.25) is 15.9 Å². The van der Waals surface area contributed by atoms with Crippen LogP contribution in [-0.2, 0) is 14.8 Å². The number of aryl methyl sites for hydroxylation is 1. The van der Waals surface area contributed by atoms with E-state index in [1.165, 1.54) is 35.7 Å². The highest BCUT2D eigenvalue weighted by atomic mass is 32.2. The third-order valence-corrected chi connectivity index (χ3v) is 6.48. The normalized spacial score (nSPS) is 17.7. The van der Waals surface area contributed by atoms with E-state index < -0.39 is 27.8 Å². The third-order valence-electron chi connectivity index (χ3n) is 4.55. The van der Waals surface area contributed by atoms with Crippen molar-refractivity contribution in [3.05, 3.63) is 53.8 Å². The van der Waals surface area contributed by atoms with Crippen molar-refractivity contribution in [2.24, 2.45) is 0 Å². The molecule has 0 bridgehead atoms. The number of hydrogen-bond acceptors (Lipinski definition) is 4. The van der Waals surface area contributed by atoms with Gasteiger partial charge in [-0.3, -0.25) is 4.79 Å². The molecule has 1 saturated heterocycles. The molecule has 1 aliphatic rings. The second-order valence-electron chi connectivity index (χ2n) is 6.43. The number of hydrogen-bond donors (Lipinski definition) is 1. The predicted octanol–water partition coefficient (Wildman–Crippen LogP) is 2.93. The molecule has 144 valence electrons. The fraction of sp³-hybridized carbons (Fsp3) is 0.316. The molecule has 1 amide bonds. The van der Waals surface area contributed by atoms with Crippen LogP contribution in [0.2, 0.25) is 0 Å². The Morgan fingerprint density at radius 2 is 1.93 bits per heavy atom. The van der Waals surface area contributed by atoms with Crippen LogP contribution in [0.25, 0.3) is 0 Å². The molecule has 1 N–H and O–H groups in total. The van der Waals surface area contributed by atoms with E-state index in [1.54, 1.807) is 12.1 Å². The first-order chi connectivity index (χ1) is 12.8. The van der Waals surface area contributed by atoms with Gasteiger partial charge in [0.1, 0.15) is 6.04 Å². The van der Waals surface area contributed by atoms with Gasteiger partial charge in [-0.05, 0) is 44.0 Å². The Labute approximate surface area is 158 Å². The second kappa shape index (κ2) is 7.66. The van der Waals surface area contributed by atoms with E-state index in [1.807, 2.05) is 6.92 Å². The minimum Gasteiger partial charge on any atom is -0.494 e. The zero-order valence-corrected chi connectivity index (χ0v) is 15.9. The number of ether oxygens (including phenoxy) is 1. The molecule has 27 heavy (non-hydrogen) atoms. The summed E-state index contributed by atoms with van der Waals surface area (Å²) < 4.78 is 45.7. The Bertz CT molecular complexity index is 945. The van der Waals surface area contributed by atoms with Gasteiger partial charge in [0.15, 0.2) is 11.6 Å². The van der Waals surface area contributed by atoms with Crippen molar-refractivity contribution in [3.63, 3.8) is 0 Å². The van der Waals surface area contributed by atoms with Crippen LogP contribution in [0.4, 0.5) is 10.1 Å². The van der Waals surface area contributed by atoms with Crippen LogP contribution in [0.1, 0.15) is 18.4 Å². The minimum atomic E-state index is -3.78. The van der Waals surface area contributed by atoms with Gasteiger partial charge in [0, 0.05) is 18.3 Å². The number of nitrogens with one attached hydrogen (secondary N) is 1. The van der Waals surface area contributed by atoms with Crippen molar-refractivity contribution < 1.29 is 22.3 Å². The van der Waals surface area contributed by atoms with Crippen LogP contribution in [0.15, 0.2) is 47.4 Å². The number of amides is 1. The molecule has 6 nitrogen and oxygen atoms in total. The van der Waals surface area contributed by atoms with Crippen molar-refractivity contribution in [3.8, 4) is 5.75 Å². The van der Waals surface area contributed by atoms with Gasteiger partial charge >= 0.3 is 0 Å². The zero-order valence-electron chi connectivity index (χ0n) is 15.1. The molecule has 0 saturated carbocycles. The summed E-state index contributed by atoms with van der Waals surface area (Å²) in [5, 5.41) is 2.60. The molecule has 2 aromatic carbocycles. The van der Waals surface area contributed by atoms with Gasteiger partial charge in [-0.15, -0.1) is 0 Å². The van der Waals surface area contributed by atoms with E-state index in [2.05, 4.69) is 5.32 Å². The Morgan fingerprint density at radius 3 is 2.56 bits per heavy atom. The van der Waals surface area contributed by atoms with Crippen molar-refractivity contribution in [1.82, 2.24) is 4.31 Å². The topological polar surface area (TPSA) is 75.7 Å². The molecule has 0 aliphatic carbocycles. The van der Waals surface area contributed by atoms with Gasteiger partial charge in [0.25, 0.3) is 0 Å². The van der Waals surface area contributed by atoms with E-state index in [-0.39, 0.29) is 22.9 Å². The lowest BCUT2D eigenvalue weighted by atomic mass is 10.2. The summed E-state index contributed by atoms with van der Waals surface area (Å²) in [6, 6.07) is 9.74. The van der Waals surface area contributed by atoms with E-state index in [0.29, 0.717) is 12.8 Å². The first-order valence-electron chi connectivity index (χ1n) is 8.56. The standard InChI is InChI=1S/C19H21FN2O4S/c1-13-5-8-15(9-6-13)27(24,25)22-11-3-4-17(22)19(23)21-14-7-10-18(26-2)16(20)12-14/h5-10,12,17H,3-4,11H2,1-2H3,(H,21,23)/t17-/m0/s1. The lowest BCUT2D eigenvalue weighted by Gasteiger charge is -2.23. The SMILES string of the molecule is COc1ccc(NC(=O)[C@@H]2CCCN2S(=O)(=O)c2ccc(C)cc2)cc1F. The Kier molecular flexibility index (Phi) is 5.48. The van der Waals surface area contributed by atoms with Crippen LogP contribution in [0.3, 0.4) is 0 Å². The molecule has 8 heteroatoms. The van der Waals surface area contributed by atoms with Gasteiger partial charge in [-0.1, -0.05) is 17.7 Å². The van der Waals surface area contributed by atoms with Gasteiger partial charge in [-0.25, -0.2) is 12.8 Å². The molecule has 0 unspecified atom stereocenters. The maximum Gasteiger partial charge on any atom is 0.243 e. The summed E-state index contributed by atoms with van der Waals surface area (Å²) in [7, 11) is -2.43. The lowest BCUT2D eigenvalue weighted by Crippen LogP contribution is -2.43. The molecule has 1 atom stereocenters. The first kappa shape index (κ1) is 19.3. The number of sulfonamides is 1. The summed E-state index contributed by atoms with van der Waals surface area (Å²) in [5.41, 5.74) is 1.20. The summed E-state index contributed by atoms with van der Waals surface area (Å²) in [5.74, 6) is -1.02. The molecule has 2 aromatic rings. The molecule has 0 radical (unpaired) electrons. The highest BCUT2D eigenvalue weighted by Gasteiger charge is 2.39. The highest BCUT2D eigenvalue weighted by Crippen LogP contribution is 2.28. The molecule has 1 aliphatic heterocycles. The number of methoxy groups -OCH3 is 1. The zero-order chi connectivity index (χ0) is 19.6. The van der Waals surface area contributed by atoms with Crippen LogP contribution in [0, 0.1) is 12.7 Å². The third kappa shape index (κ3) is 3.96. The average molecular weight is 392 g/mol. The average Bonchev–Trinajstić information content (AvgIpc) is 3.13. The number of carbonyl (C=O) groups excluding carboxylic acids is 1. The van der Waals surface area contributed by atoms with Gasteiger partial charge < -0.3 is 10.1 Å². The number of rotatable bonds is 5. The van der Waals surface area contributed by atoms with Crippen LogP contribution >= 0.6 is 0 Å². The van der Waals surface area contributed by atoms with Crippen LogP contribution in [0.5, 0.6) is 5.75 Å². The molecular weight excluding hydrogens is 371 g/mol. The Balaban J connectivity index is 1.80. The molecular formula is C19H21FN2O4S. The minimum absolute atomic E-state index is 0.0671. The molecule has 1 fully saturated rings. The quantitative estimate of drug-likeness (QED) is 0.849. The summed E-state index contributed by atoms with van der Waals surface area (Å²) in [4.78, 5) is 12.8. The van der Waals surface area contributed by atoms with E-state index in [4.69, 9.17) is 4.74 Å². The van der Waals surface area contributed by atoms with Crippen molar-refractivity contribution >= 4 is 21.6 Å². The lowest BCUT2D eigenvalue weighted by molar-refractivity contribution is -0.119. The maximum absolute atomic E-state index is 13.8. The molecule has 0 aromatic heterocycles. The number of carbonyl (C=O) groups is 1. The fourth-order valence-corrected chi connectivity index (χ4v) is 4.76. The Hall–Kier alpha value is -2.45. The predicted molar refractivity (Wildman–Crippen MR) is 99.7 cm³/mol. The van der Waals surface area contributed by atoms with Crippen LogP contribution in [-0.4, -0.2) is 38.3 Å². The monoisotopic (exact) mass is 392 g/mol. The summed E-state index contributed by atoms with van der Waals surface area (Å²) >= 11 is 0.